The average molecular weight is 402 g/mol. The lowest BCUT2D eigenvalue weighted by molar-refractivity contribution is -0.133. The van der Waals surface area contributed by atoms with Gasteiger partial charge in [-0.2, -0.15) is 0 Å². The summed E-state index contributed by atoms with van der Waals surface area (Å²) in [6, 6.07) is 11.3. The third-order valence-corrected chi connectivity index (χ3v) is 5.02. The van der Waals surface area contributed by atoms with Crippen molar-refractivity contribution in [3.63, 3.8) is 0 Å². The van der Waals surface area contributed by atoms with Gasteiger partial charge in [0.05, 0.1) is 11.1 Å². The first kappa shape index (κ1) is 18.4. The normalized spacial score (nSPS) is 14.5. The predicted molar refractivity (Wildman–Crippen MR) is 101 cm³/mol. The second kappa shape index (κ2) is 7.55. The van der Waals surface area contributed by atoms with Crippen LogP contribution in [0.3, 0.4) is 0 Å². The molecule has 4 rings (SSSR count). The van der Waals surface area contributed by atoms with Gasteiger partial charge in [0, 0.05) is 31.2 Å². The molecule has 0 N–H and O–H groups in total. The minimum absolute atomic E-state index is 0.0543. The summed E-state index contributed by atoms with van der Waals surface area (Å²) in [5.74, 6) is -1.13. The van der Waals surface area contributed by atoms with E-state index in [0.717, 1.165) is 11.0 Å². The minimum Gasteiger partial charge on any atom is -0.338 e. The van der Waals surface area contributed by atoms with Gasteiger partial charge in [-0.1, -0.05) is 28.9 Å². The minimum atomic E-state index is -0.606. The average Bonchev–Trinajstić information content (AvgIpc) is 3.12. The molecule has 9 heteroatoms. The zero-order valence-corrected chi connectivity index (χ0v) is 15.6. The molecule has 1 saturated heterocycles. The van der Waals surface area contributed by atoms with E-state index in [9.17, 15) is 14.0 Å². The van der Waals surface area contributed by atoms with E-state index in [1.54, 1.807) is 9.58 Å². The molecule has 1 aliphatic rings. The van der Waals surface area contributed by atoms with Crippen LogP contribution >= 0.6 is 11.6 Å². The highest BCUT2D eigenvalue weighted by Gasteiger charge is 2.26. The van der Waals surface area contributed by atoms with E-state index in [0.29, 0.717) is 31.2 Å². The van der Waals surface area contributed by atoms with Crippen molar-refractivity contribution in [2.75, 3.05) is 26.2 Å². The van der Waals surface area contributed by atoms with E-state index >= 15 is 0 Å². The number of para-hydroxylation sites is 1. The van der Waals surface area contributed by atoms with Crippen molar-refractivity contribution in [1.82, 2.24) is 24.8 Å². The summed E-state index contributed by atoms with van der Waals surface area (Å²) in [6.07, 6.45) is 0. The van der Waals surface area contributed by atoms with Crippen LogP contribution in [0.5, 0.6) is 0 Å². The summed E-state index contributed by atoms with van der Waals surface area (Å²) in [7, 11) is 0. The first-order chi connectivity index (χ1) is 13.5. The van der Waals surface area contributed by atoms with Gasteiger partial charge in [-0.25, -0.2) is 9.07 Å². The molecule has 1 aliphatic heterocycles. The smallest absolute Gasteiger partial charge is 0.257 e. The summed E-state index contributed by atoms with van der Waals surface area (Å²) < 4.78 is 15.5. The molecule has 0 unspecified atom stereocenters. The van der Waals surface area contributed by atoms with Crippen LogP contribution in [0.15, 0.2) is 42.5 Å². The fourth-order valence-corrected chi connectivity index (χ4v) is 3.43. The maximum Gasteiger partial charge on any atom is 0.257 e. The number of carbonyl (C=O) groups excluding carboxylic acids is 2. The van der Waals surface area contributed by atoms with Crippen molar-refractivity contribution in [3.05, 3.63) is 58.9 Å². The van der Waals surface area contributed by atoms with Gasteiger partial charge in [-0.3, -0.25) is 9.59 Å². The zero-order chi connectivity index (χ0) is 19.7. The number of halogens is 2. The van der Waals surface area contributed by atoms with E-state index in [4.69, 9.17) is 11.6 Å². The molecule has 144 valence electrons. The van der Waals surface area contributed by atoms with E-state index in [-0.39, 0.29) is 18.0 Å². The van der Waals surface area contributed by atoms with Crippen LogP contribution in [0, 0.1) is 5.82 Å². The largest absolute Gasteiger partial charge is 0.338 e. The number of benzene rings is 2. The summed E-state index contributed by atoms with van der Waals surface area (Å²) in [4.78, 5) is 28.4. The van der Waals surface area contributed by atoms with Crippen molar-refractivity contribution in [1.29, 1.82) is 0 Å². The topological polar surface area (TPSA) is 71.3 Å². The van der Waals surface area contributed by atoms with E-state index in [2.05, 4.69) is 10.3 Å². The van der Waals surface area contributed by atoms with Gasteiger partial charge < -0.3 is 9.80 Å². The molecular formula is C19H17ClFN5O2. The Bertz CT molecular complexity index is 1050. The molecular weight excluding hydrogens is 385 g/mol. The molecule has 0 radical (unpaired) electrons. The van der Waals surface area contributed by atoms with Gasteiger partial charge in [-0.15, -0.1) is 5.10 Å². The number of hydrogen-bond donors (Lipinski definition) is 0. The van der Waals surface area contributed by atoms with Crippen LogP contribution in [0.1, 0.15) is 10.4 Å². The van der Waals surface area contributed by atoms with Crippen molar-refractivity contribution >= 4 is 34.4 Å². The summed E-state index contributed by atoms with van der Waals surface area (Å²) in [5, 5.41) is 8.38. The lowest BCUT2D eigenvalue weighted by atomic mass is 10.1. The van der Waals surface area contributed by atoms with E-state index < -0.39 is 11.7 Å². The highest BCUT2D eigenvalue weighted by molar-refractivity contribution is 6.31. The van der Waals surface area contributed by atoms with Crippen LogP contribution in [0.2, 0.25) is 5.02 Å². The van der Waals surface area contributed by atoms with Gasteiger partial charge in [0.1, 0.15) is 17.9 Å². The quantitative estimate of drug-likeness (QED) is 0.674. The standard InChI is InChI=1S/C19H17ClFN5O2/c20-13-5-6-15(21)14(11-13)19(28)25-9-7-24(8-10-25)18(27)12-26-17-4-2-1-3-16(17)22-23-26/h1-6,11H,7-10,12H2. The number of aromatic nitrogens is 3. The van der Waals surface area contributed by atoms with Gasteiger partial charge in [0.2, 0.25) is 5.91 Å². The van der Waals surface area contributed by atoms with Crippen LogP contribution in [-0.2, 0) is 11.3 Å². The third kappa shape index (κ3) is 3.55. The maximum absolute atomic E-state index is 13.9. The van der Waals surface area contributed by atoms with Crippen LogP contribution in [0.25, 0.3) is 11.0 Å². The number of nitrogens with zero attached hydrogens (tertiary/aromatic N) is 5. The van der Waals surface area contributed by atoms with Crippen molar-refractivity contribution in [2.45, 2.75) is 6.54 Å². The van der Waals surface area contributed by atoms with Crippen molar-refractivity contribution in [3.8, 4) is 0 Å². The van der Waals surface area contributed by atoms with Crippen LogP contribution in [-0.4, -0.2) is 62.8 Å². The molecule has 2 amide bonds. The Morgan fingerprint density at radius 2 is 1.75 bits per heavy atom. The Balaban J connectivity index is 1.39. The molecule has 0 saturated carbocycles. The summed E-state index contributed by atoms with van der Waals surface area (Å²) in [6.45, 7) is 1.49. The summed E-state index contributed by atoms with van der Waals surface area (Å²) >= 11 is 5.87. The maximum atomic E-state index is 13.9. The van der Waals surface area contributed by atoms with Gasteiger partial charge >= 0.3 is 0 Å². The highest BCUT2D eigenvalue weighted by Crippen LogP contribution is 2.18. The molecule has 28 heavy (non-hydrogen) atoms. The second-order valence-corrected chi connectivity index (χ2v) is 6.97. The van der Waals surface area contributed by atoms with Gasteiger partial charge in [0.25, 0.3) is 5.91 Å². The highest BCUT2D eigenvalue weighted by atomic mass is 35.5. The van der Waals surface area contributed by atoms with Crippen molar-refractivity contribution in [2.24, 2.45) is 0 Å². The van der Waals surface area contributed by atoms with Crippen molar-refractivity contribution < 1.29 is 14.0 Å². The molecule has 0 aliphatic carbocycles. The number of amides is 2. The monoisotopic (exact) mass is 401 g/mol. The molecule has 3 aromatic rings. The SMILES string of the molecule is O=C(Cn1nnc2ccccc21)N1CCN(C(=O)c2cc(Cl)ccc2F)CC1. The Labute approximate surface area is 165 Å². The molecule has 1 fully saturated rings. The first-order valence-corrected chi connectivity index (χ1v) is 9.21. The zero-order valence-electron chi connectivity index (χ0n) is 14.9. The Morgan fingerprint density at radius 3 is 2.54 bits per heavy atom. The lowest BCUT2D eigenvalue weighted by Gasteiger charge is -2.34. The molecule has 0 bridgehead atoms. The lowest BCUT2D eigenvalue weighted by Crippen LogP contribution is -2.51. The fourth-order valence-electron chi connectivity index (χ4n) is 3.25. The molecule has 7 nitrogen and oxygen atoms in total. The number of rotatable bonds is 3. The molecule has 1 aromatic heterocycles. The van der Waals surface area contributed by atoms with E-state index in [1.807, 2.05) is 24.3 Å². The number of fused-ring (bicyclic) bond motifs is 1. The first-order valence-electron chi connectivity index (χ1n) is 8.83. The molecule has 2 heterocycles. The third-order valence-electron chi connectivity index (χ3n) is 4.78. The Morgan fingerprint density at radius 1 is 1.04 bits per heavy atom. The molecule has 2 aromatic carbocycles. The van der Waals surface area contributed by atoms with Gasteiger partial charge in [0.15, 0.2) is 0 Å². The number of carbonyl (C=O) groups is 2. The Hall–Kier alpha value is -3.00. The number of piperazine rings is 1. The fraction of sp³-hybridized carbons (Fsp3) is 0.263. The van der Waals surface area contributed by atoms with Crippen LogP contribution in [0.4, 0.5) is 4.39 Å². The predicted octanol–water partition coefficient (Wildman–Crippen LogP) is 2.21. The molecule has 0 spiro atoms. The second-order valence-electron chi connectivity index (χ2n) is 6.53. The van der Waals surface area contributed by atoms with Crippen LogP contribution < -0.4 is 0 Å². The molecule has 0 atom stereocenters. The summed E-state index contributed by atoms with van der Waals surface area (Å²) in [5.41, 5.74) is 1.47. The number of hydrogen-bond acceptors (Lipinski definition) is 4. The van der Waals surface area contributed by atoms with Gasteiger partial charge in [-0.05, 0) is 30.3 Å². The van der Waals surface area contributed by atoms with E-state index in [1.165, 1.54) is 23.1 Å². The Kier molecular flexibility index (Phi) is 4.95.